The maximum Gasteiger partial charge on any atom is 0.0223 e. The van der Waals surface area contributed by atoms with E-state index in [0.29, 0.717) is 0 Å². The molecule has 2 heteroatoms. The summed E-state index contributed by atoms with van der Waals surface area (Å²) in [5.74, 6) is 1.05. The third-order valence-electron chi connectivity index (χ3n) is 3.21. The van der Waals surface area contributed by atoms with Crippen molar-refractivity contribution in [2.24, 2.45) is 5.92 Å². The lowest BCUT2D eigenvalue weighted by molar-refractivity contribution is 0.0506. The SMILES string of the molecule is CNCC1CC2CCN1CC2. The first kappa shape index (κ1) is 7.56. The molecule has 0 aliphatic carbocycles. The van der Waals surface area contributed by atoms with Gasteiger partial charge in [-0.25, -0.2) is 0 Å². The Morgan fingerprint density at radius 3 is 2.55 bits per heavy atom. The van der Waals surface area contributed by atoms with E-state index in [4.69, 9.17) is 0 Å². The molecule has 0 amide bonds. The van der Waals surface area contributed by atoms with Crippen LogP contribution < -0.4 is 5.32 Å². The van der Waals surface area contributed by atoms with E-state index in [2.05, 4.69) is 17.3 Å². The van der Waals surface area contributed by atoms with Gasteiger partial charge in [0.2, 0.25) is 0 Å². The highest BCUT2D eigenvalue weighted by Crippen LogP contribution is 2.31. The van der Waals surface area contributed by atoms with Gasteiger partial charge in [0, 0.05) is 12.6 Å². The lowest BCUT2D eigenvalue weighted by Crippen LogP contribution is -2.52. The Morgan fingerprint density at radius 2 is 2.09 bits per heavy atom. The first-order chi connectivity index (χ1) is 5.40. The number of hydrogen-bond donors (Lipinski definition) is 1. The zero-order chi connectivity index (χ0) is 7.68. The average molecular weight is 154 g/mol. The summed E-state index contributed by atoms with van der Waals surface area (Å²) in [6.45, 7) is 3.91. The summed E-state index contributed by atoms with van der Waals surface area (Å²) >= 11 is 0. The number of fused-ring (bicyclic) bond motifs is 3. The topological polar surface area (TPSA) is 15.3 Å². The molecule has 0 aromatic heterocycles. The number of hydrogen-bond acceptors (Lipinski definition) is 2. The van der Waals surface area contributed by atoms with Crippen LogP contribution in [-0.4, -0.2) is 37.6 Å². The van der Waals surface area contributed by atoms with E-state index in [1.807, 2.05) is 0 Å². The Morgan fingerprint density at radius 1 is 1.36 bits per heavy atom. The zero-order valence-corrected chi connectivity index (χ0v) is 7.34. The van der Waals surface area contributed by atoms with Crippen LogP contribution in [0.1, 0.15) is 19.3 Å². The Labute approximate surface area is 69.0 Å². The van der Waals surface area contributed by atoms with E-state index in [1.54, 1.807) is 0 Å². The van der Waals surface area contributed by atoms with Crippen LogP contribution in [0.15, 0.2) is 0 Å². The molecule has 64 valence electrons. The van der Waals surface area contributed by atoms with Crippen LogP contribution in [-0.2, 0) is 0 Å². The first-order valence-corrected chi connectivity index (χ1v) is 4.79. The van der Waals surface area contributed by atoms with E-state index < -0.39 is 0 Å². The molecule has 1 unspecified atom stereocenters. The maximum atomic E-state index is 3.28. The van der Waals surface area contributed by atoms with Gasteiger partial charge in [-0.3, -0.25) is 4.90 Å². The van der Waals surface area contributed by atoms with E-state index in [1.165, 1.54) is 38.9 Å². The van der Waals surface area contributed by atoms with Crippen molar-refractivity contribution in [2.75, 3.05) is 26.7 Å². The second kappa shape index (κ2) is 3.11. The Kier molecular flexibility index (Phi) is 2.14. The smallest absolute Gasteiger partial charge is 0.0223 e. The largest absolute Gasteiger partial charge is 0.318 e. The van der Waals surface area contributed by atoms with Gasteiger partial charge in [0.25, 0.3) is 0 Å². The Bertz CT molecular complexity index is 128. The highest BCUT2D eigenvalue weighted by molar-refractivity contribution is 4.88. The molecule has 0 aromatic carbocycles. The predicted molar refractivity (Wildman–Crippen MR) is 46.6 cm³/mol. The molecule has 0 spiro atoms. The third kappa shape index (κ3) is 1.42. The van der Waals surface area contributed by atoms with E-state index in [9.17, 15) is 0 Å². The van der Waals surface area contributed by atoms with Crippen molar-refractivity contribution >= 4 is 0 Å². The van der Waals surface area contributed by atoms with Crippen LogP contribution in [0.4, 0.5) is 0 Å². The molecule has 2 nitrogen and oxygen atoms in total. The summed E-state index contributed by atoms with van der Waals surface area (Å²) in [5, 5.41) is 3.28. The normalized spacial score (nSPS) is 42.8. The number of rotatable bonds is 2. The molecule has 0 radical (unpaired) electrons. The molecular formula is C9H18N2. The number of likely N-dealkylation sites (N-methyl/N-ethyl adjacent to an activating group) is 1. The fraction of sp³-hybridized carbons (Fsp3) is 1.00. The molecule has 11 heavy (non-hydrogen) atoms. The molecule has 3 fully saturated rings. The maximum absolute atomic E-state index is 3.28. The lowest BCUT2D eigenvalue weighted by Gasteiger charge is -2.45. The molecule has 1 atom stereocenters. The van der Waals surface area contributed by atoms with Crippen LogP contribution in [0.2, 0.25) is 0 Å². The molecule has 0 aromatic rings. The minimum Gasteiger partial charge on any atom is -0.318 e. The summed E-state index contributed by atoms with van der Waals surface area (Å²) in [6, 6.07) is 0.854. The van der Waals surface area contributed by atoms with Crippen molar-refractivity contribution in [1.29, 1.82) is 0 Å². The van der Waals surface area contributed by atoms with Crippen LogP contribution in [0.5, 0.6) is 0 Å². The summed E-state index contributed by atoms with van der Waals surface area (Å²) in [4.78, 5) is 2.65. The van der Waals surface area contributed by atoms with Crippen molar-refractivity contribution in [3.05, 3.63) is 0 Å². The molecular weight excluding hydrogens is 136 g/mol. The van der Waals surface area contributed by atoms with E-state index in [-0.39, 0.29) is 0 Å². The molecule has 3 rings (SSSR count). The molecule has 3 saturated heterocycles. The number of nitrogens with zero attached hydrogens (tertiary/aromatic N) is 1. The van der Waals surface area contributed by atoms with Gasteiger partial charge in [-0.15, -0.1) is 0 Å². The van der Waals surface area contributed by atoms with Gasteiger partial charge in [-0.1, -0.05) is 0 Å². The monoisotopic (exact) mass is 154 g/mol. The summed E-state index contributed by atoms with van der Waals surface area (Å²) < 4.78 is 0. The molecule has 3 aliphatic rings. The van der Waals surface area contributed by atoms with Gasteiger partial charge in [0.15, 0.2) is 0 Å². The highest BCUT2D eigenvalue weighted by atomic mass is 15.2. The fourth-order valence-electron chi connectivity index (χ4n) is 2.54. The molecule has 0 saturated carbocycles. The van der Waals surface area contributed by atoms with Crippen molar-refractivity contribution < 1.29 is 0 Å². The van der Waals surface area contributed by atoms with Crippen LogP contribution in [0.3, 0.4) is 0 Å². The summed E-state index contributed by atoms with van der Waals surface area (Å²) in [5.41, 5.74) is 0. The highest BCUT2D eigenvalue weighted by Gasteiger charge is 2.32. The van der Waals surface area contributed by atoms with Gasteiger partial charge in [0.05, 0.1) is 0 Å². The van der Waals surface area contributed by atoms with Gasteiger partial charge < -0.3 is 5.32 Å². The average Bonchev–Trinajstić information content (AvgIpc) is 2.07. The Hall–Kier alpha value is -0.0800. The fourth-order valence-corrected chi connectivity index (χ4v) is 2.54. The van der Waals surface area contributed by atoms with Gasteiger partial charge in [-0.05, 0) is 45.3 Å². The molecule has 3 aliphatic heterocycles. The van der Waals surface area contributed by atoms with Gasteiger partial charge in [-0.2, -0.15) is 0 Å². The van der Waals surface area contributed by atoms with Crippen molar-refractivity contribution in [2.45, 2.75) is 25.3 Å². The molecule has 1 N–H and O–H groups in total. The van der Waals surface area contributed by atoms with Crippen molar-refractivity contribution in [1.82, 2.24) is 10.2 Å². The van der Waals surface area contributed by atoms with Crippen LogP contribution in [0.25, 0.3) is 0 Å². The minimum atomic E-state index is 0.854. The Balaban J connectivity index is 1.92. The summed E-state index contributed by atoms with van der Waals surface area (Å²) in [6.07, 6.45) is 4.36. The quantitative estimate of drug-likeness (QED) is 0.629. The third-order valence-corrected chi connectivity index (χ3v) is 3.21. The van der Waals surface area contributed by atoms with E-state index in [0.717, 1.165) is 12.0 Å². The van der Waals surface area contributed by atoms with Crippen LogP contribution >= 0.6 is 0 Å². The minimum absolute atomic E-state index is 0.854. The van der Waals surface area contributed by atoms with Crippen molar-refractivity contribution in [3.8, 4) is 0 Å². The second-order valence-corrected chi connectivity index (χ2v) is 3.93. The standard InChI is InChI=1S/C9H18N2/c1-10-7-9-6-8-2-4-11(9)5-3-8/h8-10H,2-7H2,1H3. The lowest BCUT2D eigenvalue weighted by atomic mass is 9.83. The predicted octanol–water partition coefficient (Wildman–Crippen LogP) is 0.690. The first-order valence-electron chi connectivity index (χ1n) is 4.79. The van der Waals surface area contributed by atoms with Gasteiger partial charge >= 0.3 is 0 Å². The second-order valence-electron chi connectivity index (χ2n) is 3.93. The van der Waals surface area contributed by atoms with Crippen molar-refractivity contribution in [3.63, 3.8) is 0 Å². The summed E-state index contributed by atoms with van der Waals surface area (Å²) in [7, 11) is 2.06. The van der Waals surface area contributed by atoms with E-state index >= 15 is 0 Å². The molecule has 3 heterocycles. The van der Waals surface area contributed by atoms with Gasteiger partial charge in [0.1, 0.15) is 0 Å². The van der Waals surface area contributed by atoms with Crippen LogP contribution in [0, 0.1) is 5.92 Å². The zero-order valence-electron chi connectivity index (χ0n) is 7.34. The number of nitrogens with one attached hydrogen (secondary N) is 1. The molecule has 2 bridgehead atoms. The number of piperidine rings is 3.